The van der Waals surface area contributed by atoms with Crippen LogP contribution in [0.4, 0.5) is 0 Å². The maximum absolute atomic E-state index is 11.5. The van der Waals surface area contributed by atoms with Crippen LogP contribution in [-0.4, -0.2) is 15.9 Å². The van der Waals surface area contributed by atoms with Gasteiger partial charge in [0.2, 0.25) is 0 Å². The van der Waals surface area contributed by atoms with Crippen molar-refractivity contribution in [1.29, 1.82) is 0 Å². The van der Waals surface area contributed by atoms with Gasteiger partial charge in [0.05, 0.1) is 5.52 Å². The van der Waals surface area contributed by atoms with E-state index in [9.17, 15) is 9.90 Å². The molecule has 1 N–H and O–H groups in total. The van der Waals surface area contributed by atoms with E-state index < -0.39 is 5.41 Å². The van der Waals surface area contributed by atoms with E-state index in [0.717, 1.165) is 22.3 Å². The third-order valence-electron chi connectivity index (χ3n) is 4.84. The van der Waals surface area contributed by atoms with Gasteiger partial charge in [-0.05, 0) is 30.1 Å². The minimum atomic E-state index is -0.417. The number of aromatic nitrogens is 1. The molecule has 0 atom stereocenters. The van der Waals surface area contributed by atoms with E-state index in [1.807, 2.05) is 60.6 Å². The Balaban J connectivity index is 0.000000330. The molecule has 3 rings (SSSR count). The number of carbonyl (C=O) groups excluding carboxylic acids is 1. The average molecular weight is 609 g/mol. The van der Waals surface area contributed by atoms with Crippen molar-refractivity contribution in [2.45, 2.75) is 55.4 Å². The molecular formula is C28H34IrNO2-. The zero-order chi connectivity index (χ0) is 23.4. The van der Waals surface area contributed by atoms with Gasteiger partial charge in [0.1, 0.15) is 5.76 Å². The van der Waals surface area contributed by atoms with Crippen LogP contribution in [-0.2, 0) is 24.9 Å². The Morgan fingerprint density at radius 3 is 2.16 bits per heavy atom. The van der Waals surface area contributed by atoms with Gasteiger partial charge in [-0.3, -0.25) is 9.78 Å². The third kappa shape index (κ3) is 8.00. The van der Waals surface area contributed by atoms with Crippen molar-refractivity contribution in [3.8, 4) is 11.3 Å². The van der Waals surface area contributed by atoms with Gasteiger partial charge in [-0.1, -0.05) is 72.2 Å². The Kier molecular flexibility index (Phi) is 9.56. The number of aliphatic hydroxyl groups excluding tert-OH is 1. The first-order valence-electron chi connectivity index (χ1n) is 10.6. The van der Waals surface area contributed by atoms with E-state index in [0.29, 0.717) is 0 Å². The van der Waals surface area contributed by atoms with E-state index in [4.69, 9.17) is 4.98 Å². The van der Waals surface area contributed by atoms with Crippen molar-refractivity contribution >= 4 is 16.7 Å². The normalized spacial score (nSPS) is 11.9. The fourth-order valence-electron chi connectivity index (χ4n) is 2.69. The van der Waals surface area contributed by atoms with Crippen LogP contribution in [0.3, 0.4) is 0 Å². The molecule has 1 aromatic heterocycles. The van der Waals surface area contributed by atoms with Crippen LogP contribution in [0.25, 0.3) is 22.2 Å². The number of aryl methyl sites for hydroxylation is 2. The second-order valence-corrected chi connectivity index (χ2v) is 10.0. The molecule has 0 spiro atoms. The molecule has 3 aromatic rings. The van der Waals surface area contributed by atoms with Gasteiger partial charge in [-0.2, -0.15) is 0 Å². The van der Waals surface area contributed by atoms with Crippen LogP contribution in [0.5, 0.6) is 0 Å². The Morgan fingerprint density at radius 1 is 0.938 bits per heavy atom. The topological polar surface area (TPSA) is 50.2 Å². The average Bonchev–Trinajstić information content (AvgIpc) is 2.66. The Labute approximate surface area is 206 Å². The summed E-state index contributed by atoms with van der Waals surface area (Å²) in [6.07, 6.45) is 1.33. The standard InChI is InChI=1S/C17H14N.C11H20O2.Ir/c1-12-4-3-5-14(10-12)17-9-7-15-11-13(2)6-8-16(15)18-17;1-10(2,3)8(12)7-9(13)11(4,5)6;/h3-9,11H,1-2H3;7,12H,1-6H3;/q-1;;/b;8-7-;. The Morgan fingerprint density at radius 2 is 1.59 bits per heavy atom. The number of hydrogen-bond donors (Lipinski definition) is 1. The van der Waals surface area contributed by atoms with Crippen molar-refractivity contribution in [3.05, 3.63) is 77.6 Å². The van der Waals surface area contributed by atoms with Crippen molar-refractivity contribution in [3.63, 3.8) is 0 Å². The molecule has 1 heterocycles. The van der Waals surface area contributed by atoms with Gasteiger partial charge >= 0.3 is 0 Å². The Bertz CT molecular complexity index is 1100. The summed E-state index contributed by atoms with van der Waals surface area (Å²) < 4.78 is 0. The molecule has 0 saturated carbocycles. The summed E-state index contributed by atoms with van der Waals surface area (Å²) in [5, 5.41) is 10.7. The van der Waals surface area contributed by atoms with Crippen LogP contribution in [0, 0.1) is 30.7 Å². The minimum Gasteiger partial charge on any atom is -0.512 e. The number of allylic oxidation sites excluding steroid dienone is 2. The van der Waals surface area contributed by atoms with Crippen LogP contribution in [0.15, 0.2) is 60.4 Å². The monoisotopic (exact) mass is 609 g/mol. The van der Waals surface area contributed by atoms with Crippen LogP contribution >= 0.6 is 0 Å². The largest absolute Gasteiger partial charge is 0.512 e. The number of fused-ring (bicyclic) bond motifs is 1. The molecule has 4 heteroatoms. The number of ketones is 1. The fourth-order valence-corrected chi connectivity index (χ4v) is 2.69. The summed E-state index contributed by atoms with van der Waals surface area (Å²) in [5.41, 5.74) is 4.71. The fraction of sp³-hybridized carbons (Fsp3) is 0.357. The third-order valence-corrected chi connectivity index (χ3v) is 4.84. The summed E-state index contributed by atoms with van der Waals surface area (Å²) in [5.74, 6) is 0.104. The summed E-state index contributed by atoms with van der Waals surface area (Å²) >= 11 is 0. The molecule has 0 aliphatic carbocycles. The smallest absolute Gasteiger partial charge is 0.164 e. The van der Waals surface area contributed by atoms with E-state index >= 15 is 0 Å². The first kappa shape index (κ1) is 27.7. The molecule has 0 saturated heterocycles. The molecule has 3 nitrogen and oxygen atoms in total. The van der Waals surface area contributed by atoms with Crippen molar-refractivity contribution in [2.75, 3.05) is 0 Å². The molecule has 2 aromatic carbocycles. The summed E-state index contributed by atoms with van der Waals surface area (Å²) in [6.45, 7) is 15.3. The first-order chi connectivity index (χ1) is 14.3. The van der Waals surface area contributed by atoms with E-state index in [1.165, 1.54) is 17.0 Å². The quantitative estimate of drug-likeness (QED) is 0.187. The maximum Gasteiger partial charge on any atom is 0.164 e. The molecular weight excluding hydrogens is 575 g/mol. The van der Waals surface area contributed by atoms with Gasteiger partial charge in [-0.25, -0.2) is 0 Å². The number of nitrogens with zero attached hydrogens (tertiary/aromatic N) is 1. The Hall–Kier alpha value is -2.29. The molecule has 173 valence electrons. The number of aliphatic hydroxyl groups is 1. The predicted molar refractivity (Wildman–Crippen MR) is 130 cm³/mol. The molecule has 0 aliphatic heterocycles. The number of benzene rings is 2. The molecule has 0 unspecified atom stereocenters. The zero-order valence-electron chi connectivity index (χ0n) is 20.3. The molecule has 0 fully saturated rings. The van der Waals surface area contributed by atoms with Crippen molar-refractivity contribution < 1.29 is 30.0 Å². The summed E-state index contributed by atoms with van der Waals surface area (Å²) in [7, 11) is 0. The van der Waals surface area contributed by atoms with Crippen molar-refractivity contribution in [1.82, 2.24) is 4.98 Å². The van der Waals surface area contributed by atoms with Crippen LogP contribution in [0.2, 0.25) is 0 Å². The van der Waals surface area contributed by atoms with Crippen LogP contribution < -0.4 is 0 Å². The van der Waals surface area contributed by atoms with Gasteiger partial charge in [0.25, 0.3) is 0 Å². The molecule has 0 amide bonds. The minimum absolute atomic E-state index is 0. The predicted octanol–water partition coefficient (Wildman–Crippen LogP) is 7.41. The summed E-state index contributed by atoms with van der Waals surface area (Å²) in [6, 6.07) is 20.0. The molecule has 1 radical (unpaired) electrons. The first-order valence-corrected chi connectivity index (χ1v) is 10.6. The van der Waals surface area contributed by atoms with Crippen molar-refractivity contribution in [2.24, 2.45) is 10.8 Å². The number of hydrogen-bond acceptors (Lipinski definition) is 3. The van der Waals surface area contributed by atoms with Crippen LogP contribution in [0.1, 0.15) is 52.7 Å². The number of carbonyl (C=O) groups is 1. The second kappa shape index (κ2) is 11.0. The second-order valence-electron chi connectivity index (χ2n) is 10.0. The van der Waals surface area contributed by atoms with Gasteiger partial charge in [0.15, 0.2) is 5.78 Å². The zero-order valence-corrected chi connectivity index (χ0v) is 22.7. The molecule has 0 bridgehead atoms. The maximum atomic E-state index is 11.5. The van der Waals surface area contributed by atoms with E-state index in [-0.39, 0.29) is 37.1 Å². The number of pyridine rings is 1. The van der Waals surface area contributed by atoms with Gasteiger partial charge in [0, 0.05) is 37.0 Å². The van der Waals surface area contributed by atoms with Gasteiger partial charge < -0.3 is 5.11 Å². The van der Waals surface area contributed by atoms with E-state index in [2.05, 4.69) is 49.4 Å². The SMILES string of the molecule is CC(C)(C)C(=O)/C=C(\O)C(C)(C)C.Cc1[c-]c(-c2ccc3cc(C)ccc3n2)ccc1.[Ir]. The number of rotatable bonds is 2. The summed E-state index contributed by atoms with van der Waals surface area (Å²) in [4.78, 5) is 16.2. The molecule has 32 heavy (non-hydrogen) atoms. The van der Waals surface area contributed by atoms with Gasteiger partial charge in [-0.15, -0.1) is 35.4 Å². The van der Waals surface area contributed by atoms with E-state index in [1.54, 1.807) is 0 Å². The molecule has 0 aliphatic rings.